The number of hydrogen-bond donors (Lipinski definition) is 2. The van der Waals surface area contributed by atoms with Crippen LogP contribution in [-0.2, 0) is 11.8 Å². The number of nitrogens with one attached hydrogen (secondary N) is 1. The van der Waals surface area contributed by atoms with Gasteiger partial charge in [0.05, 0.1) is 12.8 Å². The Bertz CT molecular complexity index is 696. The molecule has 0 amide bonds. The van der Waals surface area contributed by atoms with Crippen LogP contribution in [0.15, 0.2) is 18.2 Å². The van der Waals surface area contributed by atoms with Gasteiger partial charge in [0, 0.05) is 11.1 Å². The minimum atomic E-state index is -1.03. The summed E-state index contributed by atoms with van der Waals surface area (Å²) >= 11 is 0. The minimum absolute atomic E-state index is 0.0660. The summed E-state index contributed by atoms with van der Waals surface area (Å²) < 4.78 is 5.63. The highest BCUT2D eigenvalue weighted by Gasteiger charge is 2.24. The molecule has 0 unspecified atom stereocenters. The van der Waals surface area contributed by atoms with Gasteiger partial charge in [0.1, 0.15) is 11.4 Å². The minimum Gasteiger partial charge on any atom is -0.496 e. The Hall–Kier alpha value is -2.30. The molecule has 2 N–H and O–H groups in total. The number of benzene rings is 1. The Kier molecular flexibility index (Phi) is 4.26. The zero-order chi connectivity index (χ0) is 16.5. The number of aromatic carboxylic acids is 1. The first-order chi connectivity index (χ1) is 10.3. The van der Waals surface area contributed by atoms with Gasteiger partial charge in [0.15, 0.2) is 0 Å². The summed E-state index contributed by atoms with van der Waals surface area (Å²) in [5.41, 5.74) is 3.63. The molecule has 2 rings (SSSR count). The van der Waals surface area contributed by atoms with E-state index in [1.165, 1.54) is 11.6 Å². The largest absolute Gasteiger partial charge is 0.496 e. The number of H-pyrrole nitrogens is 1. The van der Waals surface area contributed by atoms with Crippen LogP contribution in [0.2, 0.25) is 0 Å². The summed E-state index contributed by atoms with van der Waals surface area (Å²) in [4.78, 5) is 11.0. The molecule has 5 heteroatoms. The van der Waals surface area contributed by atoms with E-state index in [1.54, 1.807) is 7.11 Å². The molecule has 118 valence electrons. The Balaban J connectivity index is 2.70. The van der Waals surface area contributed by atoms with E-state index in [9.17, 15) is 4.79 Å². The number of aromatic nitrogens is 2. The van der Waals surface area contributed by atoms with E-state index in [4.69, 9.17) is 9.84 Å². The number of carbonyl (C=O) groups is 1. The molecule has 1 aromatic carbocycles. The van der Waals surface area contributed by atoms with Gasteiger partial charge in [-0.2, -0.15) is 5.10 Å². The molecule has 0 aliphatic rings. The van der Waals surface area contributed by atoms with Gasteiger partial charge in [0.25, 0.3) is 0 Å². The van der Waals surface area contributed by atoms with E-state index in [1.807, 2.05) is 6.07 Å². The second kappa shape index (κ2) is 5.83. The first kappa shape index (κ1) is 16.1. The second-order valence-corrected chi connectivity index (χ2v) is 6.30. The van der Waals surface area contributed by atoms with Gasteiger partial charge in [0.2, 0.25) is 0 Å². The van der Waals surface area contributed by atoms with Gasteiger partial charge in [-0.1, -0.05) is 33.8 Å². The van der Waals surface area contributed by atoms with Crippen LogP contribution in [0.4, 0.5) is 0 Å². The third kappa shape index (κ3) is 2.98. The van der Waals surface area contributed by atoms with Crippen molar-refractivity contribution >= 4 is 5.97 Å². The lowest BCUT2D eigenvalue weighted by Crippen LogP contribution is -2.14. The molecular formula is C17H22N2O3. The molecule has 0 fully saturated rings. The van der Waals surface area contributed by atoms with E-state index in [2.05, 4.69) is 44.0 Å². The number of aromatic amines is 1. The van der Waals surface area contributed by atoms with Crippen molar-refractivity contribution in [1.29, 1.82) is 0 Å². The van der Waals surface area contributed by atoms with Crippen molar-refractivity contribution in [3.63, 3.8) is 0 Å². The average Bonchev–Trinajstić information content (AvgIpc) is 2.94. The van der Waals surface area contributed by atoms with Gasteiger partial charge in [-0.15, -0.1) is 0 Å². The lowest BCUT2D eigenvalue weighted by atomic mass is 9.83. The highest BCUT2D eigenvalue weighted by molar-refractivity contribution is 5.87. The third-order valence-electron chi connectivity index (χ3n) is 3.65. The van der Waals surface area contributed by atoms with Crippen LogP contribution in [0, 0.1) is 0 Å². The fraction of sp³-hybridized carbons (Fsp3) is 0.412. The van der Waals surface area contributed by atoms with E-state index in [0.29, 0.717) is 5.69 Å². The topological polar surface area (TPSA) is 75.2 Å². The zero-order valence-corrected chi connectivity index (χ0v) is 13.7. The van der Waals surface area contributed by atoms with Crippen LogP contribution >= 0.6 is 0 Å². The summed E-state index contributed by atoms with van der Waals surface area (Å²) in [6, 6.07) is 5.69. The van der Waals surface area contributed by atoms with E-state index < -0.39 is 5.97 Å². The standard InChI is InChI=1S/C17H22N2O3/c1-6-10-7-11(13-9-14(16(20)21)19-18-13)15(22-5)12(8-10)17(2,3)4/h7-9H,6H2,1-5H3,(H,18,19)(H,20,21). The fourth-order valence-corrected chi connectivity index (χ4v) is 2.43. The SMILES string of the molecule is CCc1cc(-c2cc(C(=O)O)[nH]n2)c(OC)c(C(C)(C)C)c1. The monoisotopic (exact) mass is 302 g/mol. The third-order valence-corrected chi connectivity index (χ3v) is 3.65. The molecule has 1 heterocycles. The van der Waals surface area contributed by atoms with Crippen LogP contribution in [0.1, 0.15) is 49.3 Å². The molecule has 22 heavy (non-hydrogen) atoms. The van der Waals surface area contributed by atoms with Crippen molar-refractivity contribution < 1.29 is 14.6 Å². The van der Waals surface area contributed by atoms with Crippen molar-refractivity contribution in [2.24, 2.45) is 0 Å². The molecule has 5 nitrogen and oxygen atoms in total. The number of aryl methyl sites for hydroxylation is 1. The van der Waals surface area contributed by atoms with Crippen LogP contribution in [0.5, 0.6) is 5.75 Å². The molecule has 1 aromatic heterocycles. The fourth-order valence-electron chi connectivity index (χ4n) is 2.43. The number of rotatable bonds is 4. The van der Waals surface area contributed by atoms with E-state index in [0.717, 1.165) is 23.3 Å². The Morgan fingerprint density at radius 2 is 2.00 bits per heavy atom. The smallest absolute Gasteiger partial charge is 0.353 e. The molecule has 2 aromatic rings. The summed E-state index contributed by atoms with van der Waals surface area (Å²) in [6.07, 6.45) is 0.885. The first-order valence-corrected chi connectivity index (χ1v) is 7.28. The summed E-state index contributed by atoms with van der Waals surface area (Å²) in [7, 11) is 1.63. The van der Waals surface area contributed by atoms with Crippen molar-refractivity contribution in [3.8, 4) is 17.0 Å². The highest BCUT2D eigenvalue weighted by atomic mass is 16.5. The zero-order valence-electron chi connectivity index (χ0n) is 13.7. The number of hydrogen-bond acceptors (Lipinski definition) is 3. The Morgan fingerprint density at radius 1 is 1.32 bits per heavy atom. The number of carboxylic acids is 1. The first-order valence-electron chi connectivity index (χ1n) is 7.28. The molecule has 0 radical (unpaired) electrons. The average molecular weight is 302 g/mol. The van der Waals surface area contributed by atoms with Crippen molar-refractivity contribution in [3.05, 3.63) is 35.0 Å². The number of ether oxygens (including phenoxy) is 1. The van der Waals surface area contributed by atoms with Gasteiger partial charge in [-0.05, 0) is 29.5 Å². The normalized spacial score (nSPS) is 11.5. The molecule has 0 spiro atoms. The summed E-state index contributed by atoms with van der Waals surface area (Å²) in [5.74, 6) is -0.284. The maximum Gasteiger partial charge on any atom is 0.353 e. The molecular weight excluding hydrogens is 280 g/mol. The number of methoxy groups -OCH3 is 1. The van der Waals surface area contributed by atoms with E-state index in [-0.39, 0.29) is 11.1 Å². The number of nitrogens with zero attached hydrogens (tertiary/aromatic N) is 1. The predicted molar refractivity (Wildman–Crippen MR) is 85.6 cm³/mol. The van der Waals surface area contributed by atoms with Gasteiger partial charge in [-0.3, -0.25) is 5.10 Å². The molecule has 0 aliphatic heterocycles. The van der Waals surface area contributed by atoms with Crippen molar-refractivity contribution in [1.82, 2.24) is 10.2 Å². The molecule has 0 bridgehead atoms. The second-order valence-electron chi connectivity index (χ2n) is 6.30. The van der Waals surface area contributed by atoms with Crippen LogP contribution in [0.25, 0.3) is 11.3 Å². The Morgan fingerprint density at radius 3 is 2.45 bits per heavy atom. The number of carboxylic acid groups (broad SMARTS) is 1. The quantitative estimate of drug-likeness (QED) is 0.904. The summed E-state index contributed by atoms with van der Waals surface area (Å²) in [5, 5.41) is 15.7. The van der Waals surface area contributed by atoms with Gasteiger partial charge < -0.3 is 9.84 Å². The van der Waals surface area contributed by atoms with E-state index >= 15 is 0 Å². The highest BCUT2D eigenvalue weighted by Crippen LogP contribution is 2.40. The molecule has 0 aliphatic carbocycles. The maximum absolute atomic E-state index is 11.0. The lowest BCUT2D eigenvalue weighted by molar-refractivity contribution is 0.0690. The maximum atomic E-state index is 11.0. The van der Waals surface area contributed by atoms with Crippen molar-refractivity contribution in [2.45, 2.75) is 39.5 Å². The van der Waals surface area contributed by atoms with Crippen LogP contribution < -0.4 is 4.74 Å². The van der Waals surface area contributed by atoms with Gasteiger partial charge in [-0.25, -0.2) is 4.79 Å². The Labute approximate surface area is 130 Å². The van der Waals surface area contributed by atoms with Crippen LogP contribution in [-0.4, -0.2) is 28.4 Å². The van der Waals surface area contributed by atoms with Gasteiger partial charge >= 0.3 is 5.97 Å². The molecule has 0 saturated heterocycles. The lowest BCUT2D eigenvalue weighted by Gasteiger charge is -2.24. The summed E-state index contributed by atoms with van der Waals surface area (Å²) in [6.45, 7) is 8.47. The predicted octanol–water partition coefficient (Wildman–Crippen LogP) is 3.64. The molecule has 0 saturated carbocycles. The van der Waals surface area contributed by atoms with Crippen molar-refractivity contribution in [2.75, 3.05) is 7.11 Å². The van der Waals surface area contributed by atoms with Crippen LogP contribution in [0.3, 0.4) is 0 Å². The molecule has 0 atom stereocenters.